The standard InChI is InChI=1S/C7H10N4O4/c12-2-1-8-6(14)10-4-3-9-7(15)11-5(4)13/h3,12H,1-2H2,(H2,8,10,14)(H2,9,11,13,15). The van der Waals surface area contributed by atoms with Crippen LogP contribution in [-0.4, -0.2) is 34.3 Å². The molecular formula is C7H10N4O4. The highest BCUT2D eigenvalue weighted by Gasteiger charge is 2.04. The summed E-state index contributed by atoms with van der Waals surface area (Å²) in [6, 6.07) is -0.637. The number of aromatic amines is 2. The third-order valence-corrected chi connectivity index (χ3v) is 1.46. The summed E-state index contributed by atoms with van der Waals surface area (Å²) in [4.78, 5) is 36.9. The van der Waals surface area contributed by atoms with E-state index in [1.54, 1.807) is 0 Å². The van der Waals surface area contributed by atoms with Crippen LogP contribution in [0.3, 0.4) is 0 Å². The van der Waals surface area contributed by atoms with Crippen LogP contribution in [0.25, 0.3) is 0 Å². The average Bonchev–Trinajstić information content (AvgIpc) is 2.19. The van der Waals surface area contributed by atoms with Gasteiger partial charge in [-0.15, -0.1) is 0 Å². The van der Waals surface area contributed by atoms with Gasteiger partial charge >= 0.3 is 11.7 Å². The molecule has 2 amide bonds. The average molecular weight is 214 g/mol. The van der Waals surface area contributed by atoms with Crippen LogP contribution in [0.2, 0.25) is 0 Å². The Kier molecular flexibility index (Phi) is 3.63. The molecule has 0 bridgehead atoms. The first-order valence-corrected chi connectivity index (χ1v) is 4.11. The maximum absolute atomic E-state index is 11.1. The predicted molar refractivity (Wildman–Crippen MR) is 51.8 cm³/mol. The van der Waals surface area contributed by atoms with Crippen LogP contribution in [0.1, 0.15) is 0 Å². The summed E-state index contributed by atoms with van der Waals surface area (Å²) in [5, 5.41) is 12.9. The van der Waals surface area contributed by atoms with Gasteiger partial charge in [-0.25, -0.2) is 9.59 Å². The van der Waals surface area contributed by atoms with Crippen LogP contribution in [0, 0.1) is 0 Å². The number of hydrogen-bond donors (Lipinski definition) is 5. The monoisotopic (exact) mass is 214 g/mol. The van der Waals surface area contributed by atoms with Gasteiger partial charge in [0.25, 0.3) is 5.56 Å². The molecule has 0 fully saturated rings. The molecule has 0 atom stereocenters. The maximum atomic E-state index is 11.1. The fourth-order valence-corrected chi connectivity index (χ4v) is 0.839. The molecule has 0 saturated heterocycles. The van der Waals surface area contributed by atoms with Crippen LogP contribution >= 0.6 is 0 Å². The second-order valence-electron chi connectivity index (χ2n) is 2.59. The van der Waals surface area contributed by atoms with E-state index >= 15 is 0 Å². The highest BCUT2D eigenvalue weighted by molar-refractivity contribution is 5.88. The van der Waals surface area contributed by atoms with Crippen molar-refractivity contribution in [1.29, 1.82) is 0 Å². The van der Waals surface area contributed by atoms with Gasteiger partial charge in [-0.3, -0.25) is 9.78 Å². The summed E-state index contributed by atoms with van der Waals surface area (Å²) in [5.41, 5.74) is -1.43. The lowest BCUT2D eigenvalue weighted by molar-refractivity contribution is 0.244. The third-order valence-electron chi connectivity index (χ3n) is 1.46. The number of aliphatic hydroxyl groups is 1. The van der Waals surface area contributed by atoms with Crippen molar-refractivity contribution < 1.29 is 9.90 Å². The van der Waals surface area contributed by atoms with E-state index in [1.165, 1.54) is 0 Å². The van der Waals surface area contributed by atoms with Crippen molar-refractivity contribution >= 4 is 11.7 Å². The summed E-state index contributed by atoms with van der Waals surface area (Å²) in [7, 11) is 0. The minimum Gasteiger partial charge on any atom is -0.395 e. The van der Waals surface area contributed by atoms with Crippen molar-refractivity contribution in [3.05, 3.63) is 27.0 Å². The lowest BCUT2D eigenvalue weighted by atomic mass is 10.5. The van der Waals surface area contributed by atoms with Crippen LogP contribution < -0.4 is 21.9 Å². The van der Waals surface area contributed by atoms with E-state index in [1.807, 2.05) is 4.98 Å². The number of carbonyl (C=O) groups excluding carboxylic acids is 1. The lowest BCUT2D eigenvalue weighted by Crippen LogP contribution is -2.34. The Hall–Kier alpha value is -2.09. The molecule has 8 nitrogen and oxygen atoms in total. The van der Waals surface area contributed by atoms with E-state index in [0.29, 0.717) is 0 Å². The maximum Gasteiger partial charge on any atom is 0.325 e. The Morgan fingerprint density at radius 1 is 1.47 bits per heavy atom. The first kappa shape index (κ1) is 11.0. The number of urea groups is 1. The molecule has 5 N–H and O–H groups in total. The number of carbonyl (C=O) groups is 1. The number of nitrogens with one attached hydrogen (secondary N) is 4. The van der Waals surface area contributed by atoms with Gasteiger partial charge in [-0.1, -0.05) is 0 Å². The van der Waals surface area contributed by atoms with Gasteiger partial charge in [-0.2, -0.15) is 0 Å². The molecule has 0 aliphatic rings. The molecule has 0 unspecified atom stereocenters. The Morgan fingerprint density at radius 2 is 2.20 bits per heavy atom. The van der Waals surface area contributed by atoms with Gasteiger partial charge in [-0.05, 0) is 0 Å². The molecular weight excluding hydrogens is 204 g/mol. The first-order chi connectivity index (χ1) is 7.13. The molecule has 0 aliphatic heterocycles. The van der Waals surface area contributed by atoms with E-state index in [2.05, 4.69) is 15.6 Å². The highest BCUT2D eigenvalue weighted by atomic mass is 16.3. The highest BCUT2D eigenvalue weighted by Crippen LogP contribution is 1.90. The van der Waals surface area contributed by atoms with E-state index in [9.17, 15) is 14.4 Å². The molecule has 8 heteroatoms. The zero-order chi connectivity index (χ0) is 11.3. The minimum atomic E-state index is -0.696. The second kappa shape index (κ2) is 4.96. The smallest absolute Gasteiger partial charge is 0.325 e. The third kappa shape index (κ3) is 3.27. The number of aromatic nitrogens is 2. The van der Waals surface area contributed by atoms with E-state index in [0.717, 1.165) is 6.20 Å². The van der Waals surface area contributed by atoms with Crippen LogP contribution in [-0.2, 0) is 0 Å². The van der Waals surface area contributed by atoms with Crippen molar-refractivity contribution in [2.24, 2.45) is 0 Å². The number of hydrogen-bond acceptors (Lipinski definition) is 4. The Balaban J connectivity index is 2.69. The topological polar surface area (TPSA) is 127 Å². The van der Waals surface area contributed by atoms with Gasteiger partial charge in [0.05, 0.1) is 6.61 Å². The number of aliphatic hydroxyl groups excluding tert-OH is 1. The normalized spacial score (nSPS) is 9.67. The summed E-state index contributed by atoms with van der Waals surface area (Å²) < 4.78 is 0. The second-order valence-corrected chi connectivity index (χ2v) is 2.59. The van der Waals surface area contributed by atoms with Crippen molar-refractivity contribution in [3.8, 4) is 0 Å². The molecule has 1 aromatic heterocycles. The van der Waals surface area contributed by atoms with Gasteiger partial charge in [0, 0.05) is 12.7 Å². The van der Waals surface area contributed by atoms with Crippen molar-refractivity contribution in [1.82, 2.24) is 15.3 Å². The number of H-pyrrole nitrogens is 2. The fraction of sp³-hybridized carbons (Fsp3) is 0.286. The number of amides is 2. The molecule has 0 radical (unpaired) electrons. The van der Waals surface area contributed by atoms with Crippen LogP contribution in [0.4, 0.5) is 10.5 Å². The summed E-state index contributed by atoms with van der Waals surface area (Å²) in [6.45, 7) is -0.123. The summed E-state index contributed by atoms with van der Waals surface area (Å²) in [5.74, 6) is 0. The zero-order valence-electron chi connectivity index (χ0n) is 7.66. The Labute approximate surface area is 83.3 Å². The molecule has 1 aromatic rings. The number of rotatable bonds is 3. The molecule has 82 valence electrons. The van der Waals surface area contributed by atoms with Gasteiger partial charge in [0.1, 0.15) is 5.69 Å². The molecule has 0 spiro atoms. The largest absolute Gasteiger partial charge is 0.395 e. The first-order valence-electron chi connectivity index (χ1n) is 4.11. The molecule has 1 heterocycles. The van der Waals surface area contributed by atoms with E-state index in [4.69, 9.17) is 5.11 Å². The minimum absolute atomic E-state index is 0.0765. The molecule has 0 saturated carbocycles. The Morgan fingerprint density at radius 3 is 2.80 bits per heavy atom. The summed E-state index contributed by atoms with van der Waals surface area (Å²) in [6.07, 6.45) is 1.08. The molecule has 0 aliphatic carbocycles. The van der Waals surface area contributed by atoms with E-state index in [-0.39, 0.29) is 18.8 Å². The van der Waals surface area contributed by atoms with Gasteiger partial charge in [0.15, 0.2) is 0 Å². The molecule has 15 heavy (non-hydrogen) atoms. The van der Waals surface area contributed by atoms with Crippen molar-refractivity contribution in [3.63, 3.8) is 0 Å². The zero-order valence-corrected chi connectivity index (χ0v) is 7.66. The van der Waals surface area contributed by atoms with Crippen LogP contribution in [0.5, 0.6) is 0 Å². The molecule has 0 aromatic carbocycles. The number of anilines is 1. The van der Waals surface area contributed by atoms with Gasteiger partial charge in [0.2, 0.25) is 0 Å². The lowest BCUT2D eigenvalue weighted by Gasteiger charge is -2.04. The summed E-state index contributed by atoms with van der Waals surface area (Å²) >= 11 is 0. The quantitative estimate of drug-likeness (QED) is 0.405. The van der Waals surface area contributed by atoms with Crippen molar-refractivity contribution in [2.75, 3.05) is 18.5 Å². The predicted octanol–water partition coefficient (Wildman–Crippen LogP) is -1.82. The Bertz CT molecular complexity index is 449. The SMILES string of the molecule is O=C(NCCO)Nc1c[nH]c(=O)[nH]c1=O. The van der Waals surface area contributed by atoms with Crippen LogP contribution in [0.15, 0.2) is 15.8 Å². The van der Waals surface area contributed by atoms with E-state index < -0.39 is 17.3 Å². The van der Waals surface area contributed by atoms with Crippen molar-refractivity contribution in [2.45, 2.75) is 0 Å². The van der Waals surface area contributed by atoms with Gasteiger partial charge < -0.3 is 20.7 Å². The fourth-order valence-electron chi connectivity index (χ4n) is 0.839. The molecule has 1 rings (SSSR count).